The van der Waals surface area contributed by atoms with Crippen molar-refractivity contribution in [2.45, 2.75) is 26.2 Å². The quantitative estimate of drug-likeness (QED) is 0.933. The molecule has 0 aliphatic carbocycles. The molecular formula is C16H20N2O2. The molecule has 0 saturated carbocycles. The predicted octanol–water partition coefficient (Wildman–Crippen LogP) is 2.65. The Morgan fingerprint density at radius 2 is 2.10 bits per heavy atom. The smallest absolute Gasteiger partial charge is 0.227 e. The van der Waals surface area contributed by atoms with Gasteiger partial charge in [-0.05, 0) is 43.5 Å². The number of H-pyrrole nitrogens is 1. The van der Waals surface area contributed by atoms with Crippen molar-refractivity contribution < 1.29 is 9.53 Å². The summed E-state index contributed by atoms with van der Waals surface area (Å²) in [4.78, 5) is 17.7. The molecule has 1 saturated heterocycles. The van der Waals surface area contributed by atoms with E-state index in [0.29, 0.717) is 6.42 Å². The van der Waals surface area contributed by atoms with Gasteiger partial charge in [-0.3, -0.25) is 4.79 Å². The van der Waals surface area contributed by atoms with Crippen molar-refractivity contribution in [1.82, 2.24) is 9.88 Å². The summed E-state index contributed by atoms with van der Waals surface area (Å²) in [6, 6.07) is 5.95. The molecule has 4 nitrogen and oxygen atoms in total. The van der Waals surface area contributed by atoms with Crippen LogP contribution in [0.15, 0.2) is 18.2 Å². The van der Waals surface area contributed by atoms with E-state index in [1.807, 2.05) is 30.0 Å². The summed E-state index contributed by atoms with van der Waals surface area (Å²) < 4.78 is 5.28. The minimum Gasteiger partial charge on any atom is -0.497 e. The number of methoxy groups -OCH3 is 1. The maximum Gasteiger partial charge on any atom is 0.227 e. The lowest BCUT2D eigenvalue weighted by Gasteiger charge is -2.15. The SMILES string of the molecule is COc1ccc2[nH]c(C)c(CC(=O)N3CCCC3)c2c1. The monoisotopic (exact) mass is 272 g/mol. The highest BCUT2D eigenvalue weighted by Gasteiger charge is 2.20. The number of nitrogens with zero attached hydrogens (tertiary/aromatic N) is 1. The average molecular weight is 272 g/mol. The van der Waals surface area contributed by atoms with Crippen LogP contribution in [-0.2, 0) is 11.2 Å². The van der Waals surface area contributed by atoms with Crippen LogP contribution in [0.4, 0.5) is 0 Å². The van der Waals surface area contributed by atoms with E-state index in [1.54, 1.807) is 7.11 Å². The Kier molecular flexibility index (Phi) is 3.38. The number of rotatable bonds is 3. The van der Waals surface area contributed by atoms with Crippen LogP contribution in [0.5, 0.6) is 5.75 Å². The van der Waals surface area contributed by atoms with Gasteiger partial charge >= 0.3 is 0 Å². The molecule has 2 aromatic rings. The maximum atomic E-state index is 12.3. The maximum absolute atomic E-state index is 12.3. The summed E-state index contributed by atoms with van der Waals surface area (Å²) >= 11 is 0. The van der Waals surface area contributed by atoms with Crippen LogP contribution in [0.1, 0.15) is 24.1 Å². The molecule has 4 heteroatoms. The van der Waals surface area contributed by atoms with Crippen LogP contribution in [-0.4, -0.2) is 36.0 Å². The second-order valence-corrected chi connectivity index (χ2v) is 5.40. The summed E-state index contributed by atoms with van der Waals surface area (Å²) in [6.07, 6.45) is 2.73. The first kappa shape index (κ1) is 13.0. The minimum absolute atomic E-state index is 0.231. The Labute approximate surface area is 118 Å². The standard InChI is InChI=1S/C16H20N2O2/c1-11-13(10-16(19)18-7-3-4-8-18)14-9-12(20-2)5-6-15(14)17-11/h5-6,9,17H,3-4,7-8,10H2,1-2H3. The third-order valence-electron chi connectivity index (χ3n) is 4.11. The molecule has 106 valence electrons. The lowest BCUT2D eigenvalue weighted by Crippen LogP contribution is -2.29. The van der Waals surface area contributed by atoms with Crippen LogP contribution >= 0.6 is 0 Å². The average Bonchev–Trinajstić information content (AvgIpc) is 3.07. The fourth-order valence-electron chi connectivity index (χ4n) is 2.95. The zero-order valence-corrected chi connectivity index (χ0v) is 12.0. The number of benzene rings is 1. The van der Waals surface area contributed by atoms with Gasteiger partial charge in [-0.25, -0.2) is 0 Å². The first-order valence-corrected chi connectivity index (χ1v) is 7.12. The molecule has 1 aliphatic heterocycles. The van der Waals surface area contributed by atoms with Crippen LogP contribution in [0.25, 0.3) is 10.9 Å². The Hall–Kier alpha value is -1.97. The molecule has 3 rings (SSSR count). The first-order chi connectivity index (χ1) is 9.69. The molecule has 1 aliphatic rings. The molecular weight excluding hydrogens is 252 g/mol. The normalized spacial score (nSPS) is 15.0. The second kappa shape index (κ2) is 5.19. The first-order valence-electron chi connectivity index (χ1n) is 7.12. The van der Waals surface area contributed by atoms with Crippen LogP contribution < -0.4 is 4.74 Å². The molecule has 0 unspecified atom stereocenters. The highest BCUT2D eigenvalue weighted by Crippen LogP contribution is 2.27. The molecule has 1 N–H and O–H groups in total. The van der Waals surface area contributed by atoms with Crippen molar-refractivity contribution in [2.75, 3.05) is 20.2 Å². The summed E-state index contributed by atoms with van der Waals surface area (Å²) in [5, 5.41) is 1.09. The molecule has 20 heavy (non-hydrogen) atoms. The zero-order valence-electron chi connectivity index (χ0n) is 12.0. The Bertz CT molecular complexity index is 639. The van der Waals surface area contributed by atoms with Crippen LogP contribution in [0.3, 0.4) is 0 Å². The number of aromatic nitrogens is 1. The fraction of sp³-hybridized carbons (Fsp3) is 0.438. The van der Waals surface area contributed by atoms with E-state index >= 15 is 0 Å². The third kappa shape index (κ3) is 2.26. The fourth-order valence-corrected chi connectivity index (χ4v) is 2.95. The van der Waals surface area contributed by atoms with Gasteiger partial charge in [-0.15, -0.1) is 0 Å². The highest BCUT2D eigenvalue weighted by atomic mass is 16.5. The number of aryl methyl sites for hydroxylation is 1. The van der Waals surface area contributed by atoms with Crippen molar-refractivity contribution in [2.24, 2.45) is 0 Å². The Balaban J connectivity index is 1.93. The lowest BCUT2D eigenvalue weighted by molar-refractivity contribution is -0.129. The van der Waals surface area contributed by atoms with Gasteiger partial charge in [0.2, 0.25) is 5.91 Å². The molecule has 0 radical (unpaired) electrons. The topological polar surface area (TPSA) is 45.3 Å². The summed E-state index contributed by atoms with van der Waals surface area (Å²) in [5.41, 5.74) is 3.23. The predicted molar refractivity (Wildman–Crippen MR) is 79.1 cm³/mol. The second-order valence-electron chi connectivity index (χ2n) is 5.40. The van der Waals surface area contributed by atoms with E-state index in [4.69, 9.17) is 4.74 Å². The number of likely N-dealkylation sites (tertiary alicyclic amines) is 1. The largest absolute Gasteiger partial charge is 0.497 e. The third-order valence-corrected chi connectivity index (χ3v) is 4.11. The summed E-state index contributed by atoms with van der Waals surface area (Å²) in [6.45, 7) is 3.84. The molecule has 1 amide bonds. The van der Waals surface area contributed by atoms with Gasteiger partial charge in [-0.1, -0.05) is 0 Å². The zero-order chi connectivity index (χ0) is 14.1. The number of hydrogen-bond acceptors (Lipinski definition) is 2. The molecule has 1 fully saturated rings. The number of nitrogens with one attached hydrogen (secondary N) is 1. The van der Waals surface area contributed by atoms with Gasteiger partial charge in [-0.2, -0.15) is 0 Å². The van der Waals surface area contributed by atoms with Crippen molar-refractivity contribution in [1.29, 1.82) is 0 Å². The van der Waals surface area contributed by atoms with Gasteiger partial charge < -0.3 is 14.6 Å². The van der Waals surface area contributed by atoms with Gasteiger partial charge in [0.15, 0.2) is 0 Å². The molecule has 2 heterocycles. The van der Waals surface area contributed by atoms with Gasteiger partial charge in [0.1, 0.15) is 5.75 Å². The number of aromatic amines is 1. The highest BCUT2D eigenvalue weighted by molar-refractivity contribution is 5.91. The van der Waals surface area contributed by atoms with E-state index < -0.39 is 0 Å². The van der Waals surface area contributed by atoms with E-state index in [9.17, 15) is 4.79 Å². The van der Waals surface area contributed by atoms with Crippen molar-refractivity contribution in [3.8, 4) is 5.75 Å². The molecule has 0 bridgehead atoms. The van der Waals surface area contributed by atoms with E-state index in [0.717, 1.165) is 53.8 Å². The number of fused-ring (bicyclic) bond motifs is 1. The van der Waals surface area contributed by atoms with Gasteiger partial charge in [0.25, 0.3) is 0 Å². The van der Waals surface area contributed by atoms with Crippen molar-refractivity contribution >= 4 is 16.8 Å². The number of carbonyl (C=O) groups excluding carboxylic acids is 1. The van der Waals surface area contributed by atoms with Crippen molar-refractivity contribution in [3.63, 3.8) is 0 Å². The number of carbonyl (C=O) groups is 1. The molecule has 1 aromatic heterocycles. The number of amides is 1. The Morgan fingerprint density at radius 3 is 2.80 bits per heavy atom. The van der Waals surface area contributed by atoms with E-state index in [-0.39, 0.29) is 5.91 Å². The van der Waals surface area contributed by atoms with E-state index in [2.05, 4.69) is 4.98 Å². The Morgan fingerprint density at radius 1 is 1.35 bits per heavy atom. The molecule has 1 aromatic carbocycles. The van der Waals surface area contributed by atoms with Crippen molar-refractivity contribution in [3.05, 3.63) is 29.5 Å². The molecule has 0 spiro atoms. The van der Waals surface area contributed by atoms with Crippen LogP contribution in [0, 0.1) is 6.92 Å². The number of hydrogen-bond donors (Lipinski definition) is 1. The van der Waals surface area contributed by atoms with Gasteiger partial charge in [0.05, 0.1) is 13.5 Å². The lowest BCUT2D eigenvalue weighted by atomic mass is 10.1. The van der Waals surface area contributed by atoms with Crippen LogP contribution in [0.2, 0.25) is 0 Å². The summed E-state index contributed by atoms with van der Waals surface area (Å²) in [5.74, 6) is 1.06. The van der Waals surface area contributed by atoms with E-state index in [1.165, 1.54) is 0 Å². The molecule has 0 atom stereocenters. The number of ether oxygens (including phenoxy) is 1. The summed E-state index contributed by atoms with van der Waals surface area (Å²) in [7, 11) is 1.66. The minimum atomic E-state index is 0.231. The van der Waals surface area contributed by atoms with Gasteiger partial charge in [0, 0.05) is 29.7 Å².